The maximum absolute atomic E-state index is 9.49. The summed E-state index contributed by atoms with van der Waals surface area (Å²) in [5, 5.41) is 9.49. The largest absolute Gasteiger partial charge is 0.389 e. The van der Waals surface area contributed by atoms with E-state index in [0.29, 0.717) is 5.41 Å². The van der Waals surface area contributed by atoms with E-state index in [-0.39, 0.29) is 6.10 Å². The molecule has 2 atom stereocenters. The predicted octanol–water partition coefficient (Wildman–Crippen LogP) is 2.65. The molecule has 0 amide bonds. The quantitative estimate of drug-likeness (QED) is 0.548. The lowest BCUT2D eigenvalue weighted by atomic mass is 9.66. The Morgan fingerprint density at radius 3 is 3.08 bits per heavy atom. The van der Waals surface area contributed by atoms with Crippen molar-refractivity contribution in [3.05, 3.63) is 11.6 Å². The van der Waals surface area contributed by atoms with Gasteiger partial charge in [-0.2, -0.15) is 0 Å². The van der Waals surface area contributed by atoms with Gasteiger partial charge in [-0.25, -0.2) is 0 Å². The van der Waals surface area contributed by atoms with E-state index in [1.165, 1.54) is 37.7 Å². The van der Waals surface area contributed by atoms with Crippen LogP contribution in [0.5, 0.6) is 0 Å². The summed E-state index contributed by atoms with van der Waals surface area (Å²) < 4.78 is 0. The molecule has 0 radical (unpaired) electrons. The first-order valence-electron chi connectivity index (χ1n) is 5.10. The lowest BCUT2D eigenvalue weighted by Gasteiger charge is -2.40. The molecule has 0 aromatic carbocycles. The van der Waals surface area contributed by atoms with Crippen molar-refractivity contribution in [2.45, 2.75) is 51.6 Å². The molecule has 1 N–H and O–H groups in total. The van der Waals surface area contributed by atoms with Gasteiger partial charge in [-0.3, -0.25) is 0 Å². The summed E-state index contributed by atoms with van der Waals surface area (Å²) in [6, 6.07) is 0. The normalized spacial score (nSPS) is 41.8. The van der Waals surface area contributed by atoms with Crippen molar-refractivity contribution in [3.63, 3.8) is 0 Å². The maximum Gasteiger partial charge on any atom is 0.0724 e. The van der Waals surface area contributed by atoms with Crippen molar-refractivity contribution in [3.8, 4) is 0 Å². The standard InChI is InChI=1S/C11H18O/c1-11-6-3-2-4-9(11)8-10(12)5-7-11/h8,10,12H,2-7H2,1H3. The highest BCUT2D eigenvalue weighted by molar-refractivity contribution is 5.20. The lowest BCUT2D eigenvalue weighted by Crippen LogP contribution is -2.29. The molecule has 2 rings (SSSR count). The molecular formula is C11H18O. The van der Waals surface area contributed by atoms with Gasteiger partial charge in [-0.15, -0.1) is 0 Å². The van der Waals surface area contributed by atoms with E-state index in [4.69, 9.17) is 0 Å². The van der Waals surface area contributed by atoms with Gasteiger partial charge in [0.05, 0.1) is 6.10 Å². The molecule has 0 aliphatic heterocycles. The van der Waals surface area contributed by atoms with Crippen molar-refractivity contribution in [1.29, 1.82) is 0 Å². The Bertz CT molecular complexity index is 207. The molecule has 1 nitrogen and oxygen atoms in total. The molecular weight excluding hydrogens is 148 g/mol. The molecule has 0 aromatic rings. The first kappa shape index (κ1) is 8.31. The van der Waals surface area contributed by atoms with Crippen LogP contribution in [0.25, 0.3) is 0 Å². The van der Waals surface area contributed by atoms with Crippen molar-refractivity contribution in [2.24, 2.45) is 5.41 Å². The molecule has 1 saturated carbocycles. The zero-order chi connectivity index (χ0) is 8.60. The second kappa shape index (κ2) is 2.88. The fourth-order valence-electron chi connectivity index (χ4n) is 2.65. The van der Waals surface area contributed by atoms with Gasteiger partial charge in [-0.1, -0.05) is 25.0 Å². The van der Waals surface area contributed by atoms with Crippen LogP contribution in [0, 0.1) is 5.41 Å². The highest BCUT2D eigenvalue weighted by Crippen LogP contribution is 2.46. The van der Waals surface area contributed by atoms with E-state index in [2.05, 4.69) is 13.0 Å². The number of aliphatic hydroxyl groups excluding tert-OH is 1. The maximum atomic E-state index is 9.49. The van der Waals surface area contributed by atoms with Gasteiger partial charge in [0.1, 0.15) is 0 Å². The predicted molar refractivity (Wildman–Crippen MR) is 49.9 cm³/mol. The Morgan fingerprint density at radius 2 is 2.25 bits per heavy atom. The minimum atomic E-state index is -0.147. The summed E-state index contributed by atoms with van der Waals surface area (Å²) in [5.41, 5.74) is 1.99. The lowest BCUT2D eigenvalue weighted by molar-refractivity contribution is 0.152. The number of allylic oxidation sites excluding steroid dienone is 1. The molecule has 68 valence electrons. The first-order chi connectivity index (χ1) is 5.71. The molecule has 0 heterocycles. The van der Waals surface area contributed by atoms with E-state index < -0.39 is 0 Å². The van der Waals surface area contributed by atoms with E-state index in [0.717, 1.165) is 6.42 Å². The number of hydrogen-bond donors (Lipinski definition) is 1. The van der Waals surface area contributed by atoms with Gasteiger partial charge in [0.2, 0.25) is 0 Å². The summed E-state index contributed by atoms with van der Waals surface area (Å²) in [6.45, 7) is 2.36. The average Bonchev–Trinajstić information content (AvgIpc) is 2.06. The van der Waals surface area contributed by atoms with Crippen molar-refractivity contribution >= 4 is 0 Å². The summed E-state index contributed by atoms with van der Waals surface area (Å²) >= 11 is 0. The Balaban J connectivity index is 2.23. The average molecular weight is 166 g/mol. The fourth-order valence-corrected chi connectivity index (χ4v) is 2.65. The molecule has 0 bridgehead atoms. The topological polar surface area (TPSA) is 20.2 Å². The molecule has 2 unspecified atom stereocenters. The molecule has 2 aliphatic rings. The first-order valence-corrected chi connectivity index (χ1v) is 5.10. The zero-order valence-corrected chi connectivity index (χ0v) is 7.84. The van der Waals surface area contributed by atoms with E-state index in [1.54, 1.807) is 0 Å². The molecule has 1 fully saturated rings. The fraction of sp³-hybridized carbons (Fsp3) is 0.818. The van der Waals surface area contributed by atoms with Gasteiger partial charge in [0, 0.05) is 0 Å². The third-order valence-electron chi connectivity index (χ3n) is 3.59. The summed E-state index contributed by atoms with van der Waals surface area (Å²) in [6.07, 6.45) is 9.41. The van der Waals surface area contributed by atoms with E-state index in [9.17, 15) is 5.11 Å². The van der Waals surface area contributed by atoms with Crippen LogP contribution in [0.15, 0.2) is 11.6 Å². The molecule has 2 aliphatic carbocycles. The molecule has 0 aromatic heterocycles. The Kier molecular flexibility index (Phi) is 1.99. The summed E-state index contributed by atoms with van der Waals surface area (Å²) in [7, 11) is 0. The number of aliphatic hydroxyl groups is 1. The highest BCUT2D eigenvalue weighted by Gasteiger charge is 2.34. The van der Waals surface area contributed by atoms with Crippen molar-refractivity contribution in [2.75, 3.05) is 0 Å². The SMILES string of the molecule is CC12CCCCC1=CC(O)CC2. The van der Waals surface area contributed by atoms with Crippen LogP contribution in [-0.2, 0) is 0 Å². The smallest absolute Gasteiger partial charge is 0.0724 e. The molecule has 1 heteroatoms. The van der Waals surface area contributed by atoms with Crippen LogP contribution in [0.2, 0.25) is 0 Å². The van der Waals surface area contributed by atoms with Crippen LogP contribution in [0.1, 0.15) is 45.4 Å². The Labute approximate surface area is 74.5 Å². The van der Waals surface area contributed by atoms with Crippen molar-refractivity contribution in [1.82, 2.24) is 0 Å². The summed E-state index contributed by atoms with van der Waals surface area (Å²) in [5.74, 6) is 0. The number of hydrogen-bond acceptors (Lipinski definition) is 1. The van der Waals surface area contributed by atoms with Gasteiger partial charge in [0.25, 0.3) is 0 Å². The van der Waals surface area contributed by atoms with Crippen LogP contribution < -0.4 is 0 Å². The van der Waals surface area contributed by atoms with Crippen LogP contribution in [0.4, 0.5) is 0 Å². The number of fused-ring (bicyclic) bond motifs is 1. The monoisotopic (exact) mass is 166 g/mol. The minimum absolute atomic E-state index is 0.147. The molecule has 12 heavy (non-hydrogen) atoms. The van der Waals surface area contributed by atoms with E-state index >= 15 is 0 Å². The van der Waals surface area contributed by atoms with Gasteiger partial charge >= 0.3 is 0 Å². The second-order valence-electron chi connectivity index (χ2n) is 4.57. The van der Waals surface area contributed by atoms with Gasteiger partial charge in [0.15, 0.2) is 0 Å². The second-order valence-corrected chi connectivity index (χ2v) is 4.57. The highest BCUT2D eigenvalue weighted by atomic mass is 16.3. The Hall–Kier alpha value is -0.300. The van der Waals surface area contributed by atoms with Crippen LogP contribution in [-0.4, -0.2) is 11.2 Å². The van der Waals surface area contributed by atoms with E-state index in [1.807, 2.05) is 0 Å². The Morgan fingerprint density at radius 1 is 1.42 bits per heavy atom. The summed E-state index contributed by atoms with van der Waals surface area (Å²) in [4.78, 5) is 0. The van der Waals surface area contributed by atoms with Crippen molar-refractivity contribution < 1.29 is 5.11 Å². The number of rotatable bonds is 0. The third kappa shape index (κ3) is 1.31. The molecule has 0 spiro atoms. The molecule has 0 saturated heterocycles. The zero-order valence-electron chi connectivity index (χ0n) is 7.84. The minimum Gasteiger partial charge on any atom is -0.389 e. The van der Waals surface area contributed by atoms with Gasteiger partial charge in [-0.05, 0) is 37.5 Å². The third-order valence-corrected chi connectivity index (χ3v) is 3.59. The van der Waals surface area contributed by atoms with Crippen LogP contribution in [0.3, 0.4) is 0 Å². The van der Waals surface area contributed by atoms with Crippen LogP contribution >= 0.6 is 0 Å². The van der Waals surface area contributed by atoms with Gasteiger partial charge < -0.3 is 5.11 Å².